The van der Waals surface area contributed by atoms with Crippen molar-refractivity contribution in [1.82, 2.24) is 4.57 Å². The summed E-state index contributed by atoms with van der Waals surface area (Å²) in [6, 6.07) is 5.71. The molecule has 0 amide bonds. The van der Waals surface area contributed by atoms with Gasteiger partial charge >= 0.3 is 4.87 Å². The number of hydrogen-bond donors (Lipinski definition) is 0. The van der Waals surface area contributed by atoms with Crippen LogP contribution in [0.4, 0.5) is 0 Å². The van der Waals surface area contributed by atoms with E-state index >= 15 is 0 Å². The Morgan fingerprint density at radius 1 is 1.35 bits per heavy atom. The predicted octanol–water partition coefficient (Wildman–Crippen LogP) is 2.41. The Bertz CT molecular complexity index is 610. The normalized spacial score (nSPS) is 10.5. The Morgan fingerprint density at radius 2 is 2.12 bits per heavy atom. The van der Waals surface area contributed by atoms with Gasteiger partial charge in [-0.05, 0) is 19.4 Å². The molecule has 1 heterocycles. The third-order valence-electron chi connectivity index (χ3n) is 2.64. The zero-order chi connectivity index (χ0) is 12.4. The molecule has 0 aliphatic heterocycles. The molecule has 0 fully saturated rings. The molecule has 0 saturated carbocycles. The second-order valence-electron chi connectivity index (χ2n) is 4.04. The molecular weight excluding hydrogens is 234 g/mol. The minimum Gasteiger partial charge on any atom is -0.298 e. The summed E-state index contributed by atoms with van der Waals surface area (Å²) < 4.78 is 1.44. The number of Topliss-reactive ketones (excluding diaryl/α,β-unsaturated/α-hetero) is 1. The maximum atomic E-state index is 12.0. The summed E-state index contributed by atoms with van der Waals surface area (Å²) in [7, 11) is 0. The van der Waals surface area contributed by atoms with Gasteiger partial charge in [-0.1, -0.05) is 35.1 Å². The highest BCUT2D eigenvalue weighted by Gasteiger charge is 2.10. The van der Waals surface area contributed by atoms with Gasteiger partial charge in [0.2, 0.25) is 0 Å². The van der Waals surface area contributed by atoms with Gasteiger partial charge in [-0.3, -0.25) is 14.2 Å². The highest BCUT2D eigenvalue weighted by atomic mass is 32.1. The summed E-state index contributed by atoms with van der Waals surface area (Å²) in [5.41, 5.74) is 2.78. The smallest absolute Gasteiger partial charge is 0.298 e. The van der Waals surface area contributed by atoms with Gasteiger partial charge in [-0.15, -0.1) is 0 Å². The van der Waals surface area contributed by atoms with Crippen molar-refractivity contribution >= 4 is 17.1 Å². The van der Waals surface area contributed by atoms with E-state index in [0.717, 1.165) is 22.5 Å². The molecule has 88 valence electrons. The van der Waals surface area contributed by atoms with E-state index in [1.54, 1.807) is 11.6 Å². The zero-order valence-corrected chi connectivity index (χ0v) is 10.6. The Kier molecular flexibility index (Phi) is 3.24. The second kappa shape index (κ2) is 4.67. The molecule has 0 N–H and O–H groups in total. The van der Waals surface area contributed by atoms with Crippen LogP contribution in [0.3, 0.4) is 0 Å². The minimum absolute atomic E-state index is 0.0250. The number of aromatic nitrogens is 1. The Morgan fingerprint density at radius 3 is 2.71 bits per heavy atom. The lowest BCUT2D eigenvalue weighted by Gasteiger charge is -2.06. The Balaban J connectivity index is 2.26. The van der Waals surface area contributed by atoms with Gasteiger partial charge in [-0.25, -0.2) is 0 Å². The van der Waals surface area contributed by atoms with Crippen molar-refractivity contribution in [3.05, 3.63) is 56.1 Å². The lowest BCUT2D eigenvalue weighted by atomic mass is 10.0. The van der Waals surface area contributed by atoms with Crippen molar-refractivity contribution in [2.24, 2.45) is 0 Å². The van der Waals surface area contributed by atoms with Crippen molar-refractivity contribution in [3.8, 4) is 0 Å². The van der Waals surface area contributed by atoms with Gasteiger partial charge in [0.05, 0.1) is 6.54 Å². The van der Waals surface area contributed by atoms with Crippen molar-refractivity contribution < 1.29 is 4.79 Å². The van der Waals surface area contributed by atoms with Crippen LogP contribution in [-0.4, -0.2) is 10.4 Å². The molecule has 17 heavy (non-hydrogen) atoms. The van der Waals surface area contributed by atoms with E-state index < -0.39 is 0 Å². The van der Waals surface area contributed by atoms with Gasteiger partial charge in [0, 0.05) is 17.1 Å². The molecule has 0 unspecified atom stereocenters. The van der Waals surface area contributed by atoms with Crippen LogP contribution in [0.2, 0.25) is 0 Å². The molecule has 0 aliphatic carbocycles. The molecule has 4 heteroatoms. The summed E-state index contributed by atoms with van der Waals surface area (Å²) in [5.74, 6) is -0.0250. The van der Waals surface area contributed by atoms with E-state index in [9.17, 15) is 9.59 Å². The van der Waals surface area contributed by atoms with Crippen molar-refractivity contribution in [1.29, 1.82) is 0 Å². The number of ketones is 1. The molecule has 0 spiro atoms. The molecule has 0 atom stereocenters. The molecule has 0 aliphatic rings. The third-order valence-corrected chi connectivity index (χ3v) is 3.33. The summed E-state index contributed by atoms with van der Waals surface area (Å²) >= 11 is 1.10. The number of thiazole rings is 1. The van der Waals surface area contributed by atoms with Gasteiger partial charge in [0.1, 0.15) is 0 Å². The molecule has 0 bridgehead atoms. The quantitative estimate of drug-likeness (QED) is 0.781. The molecule has 3 nitrogen and oxygen atoms in total. The zero-order valence-electron chi connectivity index (χ0n) is 9.77. The molecule has 1 aromatic heterocycles. The summed E-state index contributed by atoms with van der Waals surface area (Å²) in [6.45, 7) is 4.02. The molecule has 0 radical (unpaired) electrons. The first-order valence-electron chi connectivity index (χ1n) is 5.32. The van der Waals surface area contributed by atoms with E-state index in [4.69, 9.17) is 0 Å². The van der Waals surface area contributed by atoms with Crippen LogP contribution in [0.15, 0.2) is 34.6 Å². The van der Waals surface area contributed by atoms with Crippen molar-refractivity contribution in [3.63, 3.8) is 0 Å². The Labute approximate surface area is 103 Å². The fourth-order valence-electron chi connectivity index (χ4n) is 1.77. The number of aryl methyl sites for hydroxylation is 2. The first kappa shape index (κ1) is 11.8. The largest absolute Gasteiger partial charge is 0.307 e. The molecule has 0 saturated heterocycles. The number of hydrogen-bond acceptors (Lipinski definition) is 3. The molecular formula is C13H13NO2S. The number of rotatable bonds is 3. The summed E-state index contributed by atoms with van der Waals surface area (Å²) in [4.78, 5) is 23.3. The number of carbonyl (C=O) groups is 1. The fourth-order valence-corrected chi connectivity index (χ4v) is 2.36. The number of benzene rings is 1. The van der Waals surface area contributed by atoms with Crippen LogP contribution in [0.5, 0.6) is 0 Å². The van der Waals surface area contributed by atoms with E-state index in [2.05, 4.69) is 0 Å². The maximum absolute atomic E-state index is 12.0. The van der Waals surface area contributed by atoms with Crippen molar-refractivity contribution in [2.75, 3.05) is 0 Å². The summed E-state index contributed by atoms with van der Waals surface area (Å²) in [5, 5.41) is 1.69. The van der Waals surface area contributed by atoms with Gasteiger partial charge in [-0.2, -0.15) is 0 Å². The van der Waals surface area contributed by atoms with E-state index in [-0.39, 0.29) is 17.2 Å². The molecule has 1 aromatic carbocycles. The van der Waals surface area contributed by atoms with E-state index in [1.165, 1.54) is 4.57 Å². The molecule has 2 rings (SSSR count). The predicted molar refractivity (Wildman–Crippen MR) is 68.8 cm³/mol. The lowest BCUT2D eigenvalue weighted by molar-refractivity contribution is 0.0971. The maximum Gasteiger partial charge on any atom is 0.307 e. The van der Waals surface area contributed by atoms with Crippen molar-refractivity contribution in [2.45, 2.75) is 20.4 Å². The fraction of sp³-hybridized carbons (Fsp3) is 0.231. The monoisotopic (exact) mass is 247 g/mol. The van der Waals surface area contributed by atoms with Crippen LogP contribution < -0.4 is 4.87 Å². The topological polar surface area (TPSA) is 39.1 Å². The SMILES string of the molecule is Cc1ccc(C(=O)Cn2ccsc2=O)c(C)c1. The summed E-state index contributed by atoms with van der Waals surface area (Å²) in [6.07, 6.45) is 1.65. The molecule has 2 aromatic rings. The average molecular weight is 247 g/mol. The van der Waals surface area contributed by atoms with Crippen LogP contribution in [0, 0.1) is 13.8 Å². The van der Waals surface area contributed by atoms with Gasteiger partial charge in [0.25, 0.3) is 0 Å². The van der Waals surface area contributed by atoms with E-state index in [1.807, 2.05) is 32.0 Å². The Hall–Kier alpha value is -1.68. The van der Waals surface area contributed by atoms with Crippen LogP contribution in [0.25, 0.3) is 0 Å². The lowest BCUT2D eigenvalue weighted by Crippen LogP contribution is -2.19. The van der Waals surface area contributed by atoms with Gasteiger partial charge < -0.3 is 0 Å². The first-order valence-corrected chi connectivity index (χ1v) is 6.20. The highest BCUT2D eigenvalue weighted by Crippen LogP contribution is 2.12. The standard InChI is InChI=1S/C13H13NO2S/c1-9-3-4-11(10(2)7-9)12(15)8-14-5-6-17-13(14)16/h3-7H,8H2,1-2H3. The van der Waals surface area contributed by atoms with E-state index in [0.29, 0.717) is 5.56 Å². The average Bonchev–Trinajstić information content (AvgIpc) is 2.64. The number of nitrogens with zero attached hydrogens (tertiary/aromatic N) is 1. The van der Waals surface area contributed by atoms with Crippen LogP contribution in [-0.2, 0) is 6.54 Å². The number of carbonyl (C=O) groups excluding carboxylic acids is 1. The van der Waals surface area contributed by atoms with Gasteiger partial charge in [0.15, 0.2) is 5.78 Å². The highest BCUT2D eigenvalue weighted by molar-refractivity contribution is 7.07. The first-order chi connectivity index (χ1) is 8.08. The third kappa shape index (κ3) is 2.53. The van der Waals surface area contributed by atoms with Crippen LogP contribution in [0.1, 0.15) is 21.5 Å². The minimum atomic E-state index is -0.0943. The second-order valence-corrected chi connectivity index (χ2v) is 4.90. The van der Waals surface area contributed by atoms with Crippen LogP contribution >= 0.6 is 11.3 Å².